The van der Waals surface area contributed by atoms with E-state index in [1.165, 1.54) is 6.07 Å². The van der Waals surface area contributed by atoms with Gasteiger partial charge in [0.25, 0.3) is 0 Å². The Morgan fingerprint density at radius 3 is 2.72 bits per heavy atom. The molecule has 0 aliphatic carbocycles. The van der Waals surface area contributed by atoms with Gasteiger partial charge in [0.2, 0.25) is 0 Å². The lowest BCUT2D eigenvalue weighted by Gasteiger charge is -2.07. The molecule has 18 heavy (non-hydrogen) atoms. The maximum absolute atomic E-state index is 12.5. The highest BCUT2D eigenvalue weighted by atomic mass is 19.4. The van der Waals surface area contributed by atoms with Gasteiger partial charge in [0.15, 0.2) is 12.2 Å². The average Bonchev–Trinajstić information content (AvgIpc) is 2.76. The van der Waals surface area contributed by atoms with E-state index in [4.69, 9.17) is 4.42 Å². The van der Waals surface area contributed by atoms with E-state index in [1.807, 2.05) is 0 Å². The molecule has 0 bridgehead atoms. The van der Waals surface area contributed by atoms with Crippen molar-refractivity contribution in [2.75, 3.05) is 0 Å². The molecule has 2 aromatic rings. The summed E-state index contributed by atoms with van der Waals surface area (Å²) < 4.78 is 42.4. The van der Waals surface area contributed by atoms with Gasteiger partial charge >= 0.3 is 6.18 Å². The number of benzene rings is 1. The van der Waals surface area contributed by atoms with Crippen molar-refractivity contribution in [2.45, 2.75) is 12.6 Å². The number of hydrogen-bond acceptors (Lipinski definition) is 3. The summed E-state index contributed by atoms with van der Waals surface area (Å²) in [5.41, 5.74) is -0.178. The third-order valence-corrected chi connectivity index (χ3v) is 2.30. The molecule has 0 spiro atoms. The first-order valence-electron chi connectivity index (χ1n) is 5.05. The molecule has 0 aliphatic heterocycles. The van der Waals surface area contributed by atoms with Crippen LogP contribution in [0.3, 0.4) is 0 Å². The van der Waals surface area contributed by atoms with Gasteiger partial charge in [0.05, 0.1) is 5.56 Å². The summed E-state index contributed by atoms with van der Waals surface area (Å²) in [6.07, 6.45) is -2.59. The fourth-order valence-electron chi connectivity index (χ4n) is 1.49. The zero-order valence-electron chi connectivity index (χ0n) is 9.07. The van der Waals surface area contributed by atoms with Crippen LogP contribution in [0.1, 0.15) is 27.5 Å². The summed E-state index contributed by atoms with van der Waals surface area (Å²) in [6, 6.07) is 4.89. The first kappa shape index (κ1) is 12.3. The number of hydrogen-bond donors (Lipinski definition) is 0. The Labute approximate surface area is 100 Å². The van der Waals surface area contributed by atoms with Gasteiger partial charge in [-0.3, -0.25) is 4.79 Å². The Morgan fingerprint density at radius 2 is 2.11 bits per heavy atom. The number of aromatic nitrogens is 1. The summed E-state index contributed by atoms with van der Waals surface area (Å²) >= 11 is 0. The van der Waals surface area contributed by atoms with Gasteiger partial charge < -0.3 is 4.42 Å². The minimum Gasteiger partial charge on any atom is -0.448 e. The van der Waals surface area contributed by atoms with Gasteiger partial charge in [0.1, 0.15) is 12.0 Å². The fraction of sp³-hybridized carbons (Fsp3) is 0.167. The highest BCUT2D eigenvalue weighted by Gasteiger charge is 2.30. The highest BCUT2D eigenvalue weighted by molar-refractivity contribution is 5.70. The number of aldehydes is 1. The van der Waals surface area contributed by atoms with Gasteiger partial charge in [0, 0.05) is 6.42 Å². The molecule has 0 fully saturated rings. The Morgan fingerprint density at radius 1 is 1.33 bits per heavy atom. The predicted octanol–water partition coefficient (Wildman–Crippen LogP) is 3.10. The molecule has 0 aliphatic rings. The van der Waals surface area contributed by atoms with Crippen LogP contribution >= 0.6 is 0 Å². The van der Waals surface area contributed by atoms with Crippen molar-refractivity contribution in [3.63, 3.8) is 0 Å². The Bertz CT molecular complexity index is 560. The third kappa shape index (κ3) is 2.77. The number of alkyl halides is 3. The molecule has 2 rings (SSSR count). The molecule has 0 saturated carbocycles. The lowest BCUT2D eigenvalue weighted by Crippen LogP contribution is -2.05. The van der Waals surface area contributed by atoms with Crippen molar-refractivity contribution < 1.29 is 22.4 Å². The van der Waals surface area contributed by atoms with Gasteiger partial charge in [-0.25, -0.2) is 4.98 Å². The van der Waals surface area contributed by atoms with E-state index in [0.29, 0.717) is 11.8 Å². The van der Waals surface area contributed by atoms with Crippen LogP contribution in [0.2, 0.25) is 0 Å². The predicted molar refractivity (Wildman–Crippen MR) is 56.1 cm³/mol. The summed E-state index contributed by atoms with van der Waals surface area (Å²) in [5, 5.41) is 0. The summed E-state index contributed by atoms with van der Waals surface area (Å²) in [5.74, 6) is 0.205. The minimum absolute atomic E-state index is 0.109. The highest BCUT2D eigenvalue weighted by Crippen LogP contribution is 2.29. The maximum atomic E-state index is 12.5. The van der Waals surface area contributed by atoms with Gasteiger partial charge in [-0.05, 0) is 11.6 Å². The van der Waals surface area contributed by atoms with Crippen molar-refractivity contribution >= 4 is 6.29 Å². The van der Waals surface area contributed by atoms with E-state index in [0.717, 1.165) is 18.4 Å². The van der Waals surface area contributed by atoms with Crippen molar-refractivity contribution in [1.82, 2.24) is 4.98 Å². The van der Waals surface area contributed by atoms with E-state index in [9.17, 15) is 18.0 Å². The molecular formula is C12H8F3NO2. The number of carbonyl (C=O) groups is 1. The van der Waals surface area contributed by atoms with Crippen molar-refractivity contribution in [3.05, 3.63) is 53.2 Å². The van der Waals surface area contributed by atoms with Crippen LogP contribution < -0.4 is 0 Å². The zero-order chi connectivity index (χ0) is 13.2. The largest absolute Gasteiger partial charge is 0.448 e. The SMILES string of the molecule is O=Cc1coc(Cc2cccc(C(F)(F)F)c2)n1. The summed E-state index contributed by atoms with van der Waals surface area (Å²) in [4.78, 5) is 14.2. The second kappa shape index (κ2) is 4.64. The molecule has 0 unspecified atom stereocenters. The Balaban J connectivity index is 2.21. The van der Waals surface area contributed by atoms with Gasteiger partial charge in [-0.15, -0.1) is 0 Å². The molecule has 94 valence electrons. The van der Waals surface area contributed by atoms with Crippen LogP contribution in [0.25, 0.3) is 0 Å². The van der Waals surface area contributed by atoms with E-state index in [2.05, 4.69) is 4.98 Å². The standard InChI is InChI=1S/C12H8F3NO2/c13-12(14,15)9-3-1-2-8(4-9)5-11-16-10(6-17)7-18-11/h1-4,6-7H,5H2. The van der Waals surface area contributed by atoms with E-state index in [1.54, 1.807) is 6.07 Å². The molecular weight excluding hydrogens is 247 g/mol. The average molecular weight is 255 g/mol. The number of oxazole rings is 1. The van der Waals surface area contributed by atoms with Gasteiger partial charge in [-0.1, -0.05) is 18.2 Å². The van der Waals surface area contributed by atoms with E-state index in [-0.39, 0.29) is 18.0 Å². The molecule has 0 N–H and O–H groups in total. The van der Waals surface area contributed by atoms with Crippen molar-refractivity contribution in [2.24, 2.45) is 0 Å². The molecule has 0 amide bonds. The molecule has 3 nitrogen and oxygen atoms in total. The molecule has 6 heteroatoms. The van der Waals surface area contributed by atoms with Crippen LogP contribution in [0.4, 0.5) is 13.2 Å². The minimum atomic E-state index is -4.37. The molecule has 1 heterocycles. The van der Waals surface area contributed by atoms with Crippen LogP contribution in [-0.4, -0.2) is 11.3 Å². The summed E-state index contributed by atoms with van der Waals surface area (Å²) in [7, 11) is 0. The normalized spacial score (nSPS) is 11.5. The van der Waals surface area contributed by atoms with Crippen LogP contribution in [0.15, 0.2) is 34.9 Å². The van der Waals surface area contributed by atoms with E-state index < -0.39 is 11.7 Å². The van der Waals surface area contributed by atoms with Gasteiger partial charge in [-0.2, -0.15) is 13.2 Å². The zero-order valence-corrected chi connectivity index (χ0v) is 9.07. The van der Waals surface area contributed by atoms with Crippen molar-refractivity contribution in [3.8, 4) is 0 Å². The molecule has 1 aromatic carbocycles. The topological polar surface area (TPSA) is 43.1 Å². The molecule has 0 saturated heterocycles. The fourth-order valence-corrected chi connectivity index (χ4v) is 1.49. The molecule has 0 radical (unpaired) electrons. The van der Waals surface area contributed by atoms with Crippen molar-refractivity contribution in [1.29, 1.82) is 0 Å². The Hall–Kier alpha value is -2.11. The quantitative estimate of drug-likeness (QED) is 0.791. The second-order valence-electron chi connectivity index (χ2n) is 3.66. The molecule has 1 aromatic heterocycles. The summed E-state index contributed by atoms with van der Waals surface area (Å²) in [6.45, 7) is 0. The maximum Gasteiger partial charge on any atom is 0.416 e. The van der Waals surface area contributed by atoms with E-state index >= 15 is 0 Å². The lowest BCUT2D eigenvalue weighted by atomic mass is 10.1. The Kier molecular flexibility index (Phi) is 3.18. The first-order chi connectivity index (χ1) is 8.49. The molecule has 0 atom stereocenters. The number of halogens is 3. The first-order valence-corrected chi connectivity index (χ1v) is 5.05. The van der Waals surface area contributed by atoms with Crippen LogP contribution in [-0.2, 0) is 12.6 Å². The number of nitrogens with zero attached hydrogens (tertiary/aromatic N) is 1. The number of carbonyl (C=O) groups excluding carboxylic acids is 1. The number of rotatable bonds is 3. The second-order valence-corrected chi connectivity index (χ2v) is 3.66. The smallest absolute Gasteiger partial charge is 0.416 e. The van der Waals surface area contributed by atoms with Crippen LogP contribution in [0.5, 0.6) is 0 Å². The monoisotopic (exact) mass is 255 g/mol. The third-order valence-electron chi connectivity index (χ3n) is 2.30. The lowest BCUT2D eigenvalue weighted by molar-refractivity contribution is -0.137. The van der Waals surface area contributed by atoms with Crippen LogP contribution in [0, 0.1) is 0 Å².